The van der Waals surface area contributed by atoms with Crippen LogP contribution in [0.1, 0.15) is 35.2 Å². The van der Waals surface area contributed by atoms with Gasteiger partial charge in [-0.25, -0.2) is 15.7 Å². The van der Waals surface area contributed by atoms with Gasteiger partial charge in [0.15, 0.2) is 10.9 Å². The second kappa shape index (κ2) is 6.64. The molecule has 0 saturated heterocycles. The molecule has 0 bridgehead atoms. The highest BCUT2D eigenvalue weighted by molar-refractivity contribution is 7.98. The molecular formula is C12H17N5O3S. The molecule has 0 radical (unpaired) electrons. The molecule has 0 aliphatic carbocycles. The van der Waals surface area contributed by atoms with Crippen molar-refractivity contribution in [2.75, 3.05) is 0 Å². The first-order valence-electron chi connectivity index (χ1n) is 6.45. The van der Waals surface area contributed by atoms with Gasteiger partial charge in [-0.2, -0.15) is 0 Å². The van der Waals surface area contributed by atoms with Gasteiger partial charge in [-0.15, -0.1) is 5.10 Å². The number of hydrogen-bond donors (Lipinski definition) is 3. The van der Waals surface area contributed by atoms with Crippen LogP contribution in [-0.2, 0) is 12.3 Å². The average molecular weight is 311 g/mol. The number of thioether (sulfide) groups is 1. The molecule has 0 aliphatic rings. The number of rotatable bonds is 6. The first-order chi connectivity index (χ1) is 10.1. The molecule has 2 aromatic rings. The van der Waals surface area contributed by atoms with Gasteiger partial charge in [0, 0.05) is 17.9 Å². The van der Waals surface area contributed by atoms with E-state index < -0.39 is 5.91 Å². The topological polar surface area (TPSA) is 119 Å². The summed E-state index contributed by atoms with van der Waals surface area (Å²) in [5, 5.41) is 7.05. The number of nitrogens with zero attached hydrogens (tertiary/aromatic N) is 2. The van der Waals surface area contributed by atoms with Crippen molar-refractivity contribution in [1.29, 1.82) is 0 Å². The number of H-pyrrole nitrogens is 1. The largest absolute Gasteiger partial charge is 0.456 e. The Hall–Kier alpha value is -2.00. The highest BCUT2D eigenvalue weighted by Crippen LogP contribution is 2.24. The number of aryl methyl sites for hydroxylation is 1. The van der Waals surface area contributed by atoms with E-state index in [-0.39, 0.29) is 11.4 Å². The van der Waals surface area contributed by atoms with Crippen molar-refractivity contribution in [2.45, 2.75) is 37.7 Å². The fraction of sp³-hybridized carbons (Fsp3) is 0.417. The minimum absolute atomic E-state index is 0.165. The van der Waals surface area contributed by atoms with E-state index in [1.807, 2.05) is 12.3 Å². The Morgan fingerprint density at radius 2 is 2.38 bits per heavy atom. The van der Waals surface area contributed by atoms with E-state index in [0.29, 0.717) is 23.2 Å². The fourth-order valence-corrected chi connectivity index (χ4v) is 2.83. The Morgan fingerprint density at radius 1 is 1.62 bits per heavy atom. The number of nitrogen functional groups attached to an aromatic ring is 1. The van der Waals surface area contributed by atoms with Crippen molar-refractivity contribution in [3.63, 3.8) is 0 Å². The van der Waals surface area contributed by atoms with Crippen molar-refractivity contribution in [3.8, 4) is 0 Å². The number of carbonyl (C=O) groups is 1. The maximum absolute atomic E-state index is 11.6. The number of carbonyl (C=O) groups excluding carboxylic acids is 1. The second-order valence-corrected chi connectivity index (χ2v) is 5.36. The summed E-state index contributed by atoms with van der Waals surface area (Å²) in [6, 6.07) is 1.64. The van der Waals surface area contributed by atoms with Crippen molar-refractivity contribution < 1.29 is 9.21 Å². The Labute approximate surface area is 125 Å². The van der Waals surface area contributed by atoms with Crippen LogP contribution in [0.15, 0.2) is 20.4 Å². The minimum atomic E-state index is -0.475. The molecule has 0 aromatic carbocycles. The van der Waals surface area contributed by atoms with Gasteiger partial charge in [-0.3, -0.25) is 14.8 Å². The molecule has 0 spiro atoms. The van der Waals surface area contributed by atoms with Crippen molar-refractivity contribution in [2.24, 2.45) is 5.84 Å². The van der Waals surface area contributed by atoms with Crippen LogP contribution in [0.2, 0.25) is 0 Å². The van der Waals surface area contributed by atoms with Gasteiger partial charge in [0.1, 0.15) is 5.76 Å². The van der Waals surface area contributed by atoms with Gasteiger partial charge in [0.05, 0.1) is 0 Å². The van der Waals surface area contributed by atoms with E-state index in [1.165, 1.54) is 11.8 Å². The van der Waals surface area contributed by atoms with Gasteiger partial charge < -0.3 is 4.42 Å². The summed E-state index contributed by atoms with van der Waals surface area (Å²) in [6.07, 6.45) is 0.846. The van der Waals surface area contributed by atoms with E-state index >= 15 is 0 Å². The minimum Gasteiger partial charge on any atom is -0.456 e. The lowest BCUT2D eigenvalue weighted by atomic mass is 10.3. The quantitative estimate of drug-likeness (QED) is 0.314. The van der Waals surface area contributed by atoms with Gasteiger partial charge in [-0.05, 0) is 19.4 Å². The highest BCUT2D eigenvalue weighted by Gasteiger charge is 2.15. The number of nitrogens with two attached hydrogens (primary N) is 1. The number of aromatic amines is 1. The SMILES string of the molecule is CCCn1c(SCc2cc(C(=O)NN)oc2C)n[nH]c1=O. The molecular weight excluding hydrogens is 294 g/mol. The first-order valence-corrected chi connectivity index (χ1v) is 7.43. The second-order valence-electron chi connectivity index (χ2n) is 4.42. The zero-order valence-corrected chi connectivity index (χ0v) is 12.6. The normalized spacial score (nSPS) is 10.8. The van der Waals surface area contributed by atoms with Crippen molar-refractivity contribution >= 4 is 17.7 Å². The Bertz CT molecular complexity index is 687. The summed E-state index contributed by atoms with van der Waals surface area (Å²) >= 11 is 1.41. The first kappa shape index (κ1) is 15.4. The lowest BCUT2D eigenvalue weighted by Crippen LogP contribution is -2.29. The van der Waals surface area contributed by atoms with Crippen LogP contribution >= 0.6 is 11.8 Å². The van der Waals surface area contributed by atoms with E-state index in [2.05, 4.69) is 10.2 Å². The van der Waals surface area contributed by atoms with Crippen LogP contribution in [0.3, 0.4) is 0 Å². The zero-order chi connectivity index (χ0) is 15.4. The third-order valence-corrected chi connectivity index (χ3v) is 3.93. The van der Waals surface area contributed by atoms with Gasteiger partial charge in [0.2, 0.25) is 0 Å². The van der Waals surface area contributed by atoms with E-state index in [9.17, 15) is 9.59 Å². The van der Waals surface area contributed by atoms with Crippen LogP contribution in [-0.4, -0.2) is 20.7 Å². The smallest absolute Gasteiger partial charge is 0.343 e. The molecule has 9 heteroatoms. The third kappa shape index (κ3) is 3.37. The monoisotopic (exact) mass is 311 g/mol. The highest BCUT2D eigenvalue weighted by atomic mass is 32.2. The molecule has 0 aliphatic heterocycles. The van der Waals surface area contributed by atoms with Gasteiger partial charge >= 0.3 is 11.6 Å². The van der Waals surface area contributed by atoms with Crippen LogP contribution in [0.4, 0.5) is 0 Å². The van der Waals surface area contributed by atoms with E-state index in [0.717, 1.165) is 12.0 Å². The summed E-state index contributed by atoms with van der Waals surface area (Å²) in [5.41, 5.74) is 2.66. The number of amides is 1. The third-order valence-electron chi connectivity index (χ3n) is 2.90. The summed E-state index contributed by atoms with van der Waals surface area (Å²) in [7, 11) is 0. The van der Waals surface area contributed by atoms with Crippen molar-refractivity contribution in [1.82, 2.24) is 20.2 Å². The Morgan fingerprint density at radius 3 is 3.05 bits per heavy atom. The molecule has 2 heterocycles. The molecule has 2 rings (SSSR count). The van der Waals surface area contributed by atoms with Gasteiger partial charge in [-0.1, -0.05) is 18.7 Å². The van der Waals surface area contributed by atoms with E-state index in [4.69, 9.17) is 10.3 Å². The standard InChI is InChI=1S/C12H17N5O3S/c1-3-4-17-11(19)15-16-12(17)21-6-8-5-9(10(18)14-13)20-7(8)2/h5H,3-4,6,13H2,1-2H3,(H,14,18)(H,15,19). The number of nitrogens with one attached hydrogen (secondary N) is 2. The molecule has 0 fully saturated rings. The molecule has 2 aromatic heterocycles. The molecule has 0 saturated carbocycles. The number of furan rings is 1. The average Bonchev–Trinajstić information content (AvgIpc) is 3.01. The van der Waals surface area contributed by atoms with Crippen molar-refractivity contribution in [3.05, 3.63) is 33.6 Å². The Kier molecular flexibility index (Phi) is 4.86. The number of hydrogen-bond acceptors (Lipinski definition) is 6. The van der Waals surface area contributed by atoms with E-state index in [1.54, 1.807) is 17.6 Å². The molecule has 114 valence electrons. The number of hydrazine groups is 1. The molecule has 0 atom stereocenters. The maximum Gasteiger partial charge on any atom is 0.343 e. The lowest BCUT2D eigenvalue weighted by Gasteiger charge is -2.02. The molecule has 4 N–H and O–H groups in total. The summed E-state index contributed by atoms with van der Waals surface area (Å²) < 4.78 is 6.93. The summed E-state index contributed by atoms with van der Waals surface area (Å²) in [4.78, 5) is 23.0. The van der Waals surface area contributed by atoms with Crippen LogP contribution < -0.4 is 17.0 Å². The summed E-state index contributed by atoms with van der Waals surface area (Å²) in [6.45, 7) is 4.38. The fourth-order valence-electron chi connectivity index (χ4n) is 1.82. The molecule has 21 heavy (non-hydrogen) atoms. The zero-order valence-electron chi connectivity index (χ0n) is 11.8. The lowest BCUT2D eigenvalue weighted by molar-refractivity contribution is 0.0924. The Balaban J connectivity index is 2.12. The van der Waals surface area contributed by atoms with Gasteiger partial charge in [0.25, 0.3) is 0 Å². The molecule has 8 nitrogen and oxygen atoms in total. The molecule has 0 unspecified atom stereocenters. The predicted octanol–water partition coefficient (Wildman–Crippen LogP) is 0.779. The van der Waals surface area contributed by atoms with Crippen LogP contribution in [0.5, 0.6) is 0 Å². The van der Waals surface area contributed by atoms with Crippen LogP contribution in [0.25, 0.3) is 0 Å². The maximum atomic E-state index is 11.6. The molecule has 1 amide bonds. The summed E-state index contributed by atoms with van der Waals surface area (Å²) in [5.74, 6) is 5.94. The van der Waals surface area contributed by atoms with Crippen LogP contribution in [0, 0.1) is 6.92 Å². The predicted molar refractivity (Wildman–Crippen MR) is 77.8 cm³/mol. The number of aromatic nitrogens is 3.